The first-order chi connectivity index (χ1) is 4.88. The summed E-state index contributed by atoms with van der Waals surface area (Å²) in [6.45, 7) is 0. The lowest BCUT2D eigenvalue weighted by Gasteiger charge is -2.09. The molecule has 1 amide bonds. The summed E-state index contributed by atoms with van der Waals surface area (Å²) in [5.74, 6) is 0.162. The third-order valence-corrected chi connectivity index (χ3v) is 1.23. The van der Waals surface area contributed by atoms with Gasteiger partial charge in [0.05, 0.1) is 6.34 Å². The second-order valence-corrected chi connectivity index (χ2v) is 1.86. The van der Waals surface area contributed by atoms with Crippen LogP contribution < -0.4 is 10.8 Å². The molecule has 0 aromatic rings. The molecule has 6 nitrogen and oxygen atoms in total. The Morgan fingerprint density at radius 3 is 3.40 bits per heavy atom. The normalized spacial score (nSPS) is 28.6. The highest BCUT2D eigenvalue weighted by atomic mass is 16.8. The van der Waals surface area contributed by atoms with E-state index >= 15 is 0 Å². The van der Waals surface area contributed by atoms with Crippen molar-refractivity contribution < 1.29 is 9.73 Å². The molecule has 0 radical (unpaired) electrons. The standard InChI is InChI=1S/C4H4N4O2/c9-4-2-3(5-1-6-4)8-10-7-2/h1-2,7H,(H,5,6,8,9). The first-order valence-electron chi connectivity index (χ1n) is 2.70. The Morgan fingerprint density at radius 1 is 1.70 bits per heavy atom. The molecule has 2 N–H and O–H groups in total. The topological polar surface area (TPSA) is 75.1 Å². The van der Waals surface area contributed by atoms with Gasteiger partial charge >= 0.3 is 0 Å². The van der Waals surface area contributed by atoms with Crippen LogP contribution in [0.4, 0.5) is 0 Å². The van der Waals surface area contributed by atoms with Gasteiger partial charge in [-0.15, -0.1) is 5.48 Å². The number of hydrogen-bond acceptors (Lipinski definition) is 5. The second-order valence-electron chi connectivity index (χ2n) is 1.86. The van der Waals surface area contributed by atoms with Gasteiger partial charge in [0, 0.05) is 0 Å². The van der Waals surface area contributed by atoms with Crippen molar-refractivity contribution in [2.75, 3.05) is 0 Å². The summed E-state index contributed by atoms with van der Waals surface area (Å²) < 4.78 is 0. The molecule has 0 aromatic carbocycles. The molecule has 0 fully saturated rings. The molecule has 0 aliphatic carbocycles. The highest BCUT2D eigenvalue weighted by molar-refractivity contribution is 6.15. The van der Waals surface area contributed by atoms with E-state index in [1.807, 2.05) is 0 Å². The SMILES string of the molecule is O=C1NC=NC2=NONC12. The van der Waals surface area contributed by atoms with Gasteiger partial charge in [-0.05, 0) is 5.16 Å². The molecule has 0 bridgehead atoms. The van der Waals surface area contributed by atoms with Gasteiger partial charge in [0.15, 0.2) is 6.04 Å². The number of nitrogens with zero attached hydrogens (tertiary/aromatic N) is 2. The van der Waals surface area contributed by atoms with Crippen molar-refractivity contribution in [1.82, 2.24) is 10.8 Å². The molecule has 0 saturated carbocycles. The molecule has 2 aliphatic heterocycles. The number of hydroxylamine groups is 1. The number of aliphatic imine (C=N–C) groups is 1. The fraction of sp³-hybridized carbons (Fsp3) is 0.250. The zero-order valence-corrected chi connectivity index (χ0v) is 4.87. The molecular weight excluding hydrogens is 136 g/mol. The minimum Gasteiger partial charge on any atom is -0.315 e. The van der Waals surface area contributed by atoms with Crippen molar-refractivity contribution in [3.8, 4) is 0 Å². The molecule has 2 rings (SSSR count). The number of fused-ring (bicyclic) bond motifs is 1. The van der Waals surface area contributed by atoms with Gasteiger partial charge < -0.3 is 5.32 Å². The number of hydrogen-bond donors (Lipinski definition) is 2. The molecule has 0 aromatic heterocycles. The van der Waals surface area contributed by atoms with Crippen LogP contribution >= 0.6 is 0 Å². The fourth-order valence-corrected chi connectivity index (χ4v) is 0.745. The van der Waals surface area contributed by atoms with Gasteiger partial charge in [0.2, 0.25) is 5.84 Å². The summed E-state index contributed by atoms with van der Waals surface area (Å²) in [6, 6.07) is -0.537. The van der Waals surface area contributed by atoms with Crippen LogP contribution in [0.3, 0.4) is 0 Å². The maximum absolute atomic E-state index is 10.9. The van der Waals surface area contributed by atoms with E-state index in [2.05, 4.69) is 25.9 Å². The average Bonchev–Trinajstić information content (AvgIpc) is 2.36. The highest BCUT2D eigenvalue weighted by Gasteiger charge is 2.31. The third kappa shape index (κ3) is 0.591. The number of carbonyl (C=O) groups excluding carboxylic acids is 1. The Bertz CT molecular complexity index is 233. The van der Waals surface area contributed by atoms with Gasteiger partial charge in [-0.25, -0.2) is 4.99 Å². The second kappa shape index (κ2) is 1.77. The van der Waals surface area contributed by atoms with Crippen LogP contribution in [0.1, 0.15) is 0 Å². The Hall–Kier alpha value is -1.43. The van der Waals surface area contributed by atoms with Crippen molar-refractivity contribution in [2.24, 2.45) is 10.1 Å². The molecule has 1 atom stereocenters. The summed E-state index contributed by atoms with van der Waals surface area (Å²) in [5.41, 5.74) is 2.38. The molecule has 2 aliphatic rings. The Morgan fingerprint density at radius 2 is 2.60 bits per heavy atom. The van der Waals surface area contributed by atoms with E-state index in [1.54, 1.807) is 0 Å². The summed E-state index contributed by atoms with van der Waals surface area (Å²) in [6.07, 6.45) is 1.29. The minimum absolute atomic E-state index is 0.203. The molecule has 6 heteroatoms. The molecule has 0 spiro atoms. The Kier molecular flexibility index (Phi) is 0.952. The first-order valence-corrected chi connectivity index (χ1v) is 2.70. The molecule has 0 saturated heterocycles. The number of rotatable bonds is 0. The average molecular weight is 140 g/mol. The quantitative estimate of drug-likeness (QED) is 0.423. The minimum atomic E-state index is -0.537. The lowest BCUT2D eigenvalue weighted by atomic mass is 10.2. The molecule has 52 valence electrons. The maximum Gasteiger partial charge on any atom is 0.253 e. The van der Waals surface area contributed by atoms with Gasteiger partial charge in [0.1, 0.15) is 0 Å². The third-order valence-electron chi connectivity index (χ3n) is 1.23. The number of oxime groups is 1. The molecule has 10 heavy (non-hydrogen) atoms. The van der Waals surface area contributed by atoms with Crippen LogP contribution in [0.5, 0.6) is 0 Å². The van der Waals surface area contributed by atoms with Crippen molar-refractivity contribution >= 4 is 18.1 Å². The zero-order chi connectivity index (χ0) is 6.97. The van der Waals surface area contributed by atoms with E-state index in [1.165, 1.54) is 6.34 Å². The number of amidine groups is 1. The summed E-state index contributed by atoms with van der Waals surface area (Å²) in [5, 5.41) is 5.85. The maximum atomic E-state index is 10.9. The smallest absolute Gasteiger partial charge is 0.253 e. The zero-order valence-electron chi connectivity index (χ0n) is 4.87. The first kappa shape index (κ1) is 5.36. The van der Waals surface area contributed by atoms with E-state index in [0.717, 1.165) is 0 Å². The van der Waals surface area contributed by atoms with E-state index in [9.17, 15) is 4.79 Å². The van der Waals surface area contributed by atoms with Crippen molar-refractivity contribution in [3.05, 3.63) is 0 Å². The van der Waals surface area contributed by atoms with Crippen LogP contribution in [0.2, 0.25) is 0 Å². The summed E-state index contributed by atoms with van der Waals surface area (Å²) in [7, 11) is 0. The predicted octanol–water partition coefficient (Wildman–Crippen LogP) is -1.64. The predicted molar refractivity (Wildman–Crippen MR) is 32.1 cm³/mol. The van der Waals surface area contributed by atoms with Gasteiger partial charge in [-0.1, -0.05) is 0 Å². The lowest BCUT2D eigenvalue weighted by Crippen LogP contribution is -2.47. The van der Waals surface area contributed by atoms with Gasteiger partial charge in [-0.2, -0.15) is 0 Å². The van der Waals surface area contributed by atoms with E-state index in [4.69, 9.17) is 0 Å². The van der Waals surface area contributed by atoms with Crippen LogP contribution in [0.15, 0.2) is 10.1 Å². The monoisotopic (exact) mass is 140 g/mol. The van der Waals surface area contributed by atoms with Crippen molar-refractivity contribution in [2.45, 2.75) is 6.04 Å². The van der Waals surface area contributed by atoms with Crippen molar-refractivity contribution in [1.29, 1.82) is 0 Å². The lowest BCUT2D eigenvalue weighted by molar-refractivity contribution is -0.122. The number of carbonyl (C=O) groups is 1. The highest BCUT2D eigenvalue weighted by Crippen LogP contribution is 2.02. The number of nitrogens with one attached hydrogen (secondary N) is 2. The largest absolute Gasteiger partial charge is 0.315 e. The molecule has 2 heterocycles. The molecule has 1 unspecified atom stereocenters. The van der Waals surface area contributed by atoms with Crippen LogP contribution in [-0.4, -0.2) is 24.1 Å². The summed E-state index contributed by atoms with van der Waals surface area (Å²) in [4.78, 5) is 19.0. The van der Waals surface area contributed by atoms with E-state index < -0.39 is 6.04 Å². The summed E-state index contributed by atoms with van der Waals surface area (Å²) >= 11 is 0. The van der Waals surface area contributed by atoms with E-state index in [-0.39, 0.29) is 5.91 Å². The van der Waals surface area contributed by atoms with Gasteiger partial charge in [-0.3, -0.25) is 9.73 Å². The van der Waals surface area contributed by atoms with Crippen LogP contribution in [0.25, 0.3) is 0 Å². The Labute approximate surface area is 55.9 Å². The Balaban J connectivity index is 2.34. The van der Waals surface area contributed by atoms with Gasteiger partial charge in [0.25, 0.3) is 5.91 Å². The van der Waals surface area contributed by atoms with E-state index in [0.29, 0.717) is 5.84 Å². The van der Waals surface area contributed by atoms with Crippen LogP contribution in [-0.2, 0) is 9.73 Å². The fourth-order valence-electron chi connectivity index (χ4n) is 0.745. The van der Waals surface area contributed by atoms with Crippen LogP contribution in [0, 0.1) is 0 Å². The number of amides is 1. The van der Waals surface area contributed by atoms with Crippen molar-refractivity contribution in [3.63, 3.8) is 0 Å². The molecular formula is C4H4N4O2.